The molecule has 1 unspecified atom stereocenters. The predicted octanol–water partition coefficient (Wildman–Crippen LogP) is 4.73. The van der Waals surface area contributed by atoms with Gasteiger partial charge in [-0.05, 0) is 47.9 Å². The van der Waals surface area contributed by atoms with Crippen molar-refractivity contribution < 1.29 is 0 Å². The van der Waals surface area contributed by atoms with Crippen LogP contribution in [0.5, 0.6) is 0 Å². The van der Waals surface area contributed by atoms with Gasteiger partial charge in [-0.1, -0.05) is 66.7 Å². The van der Waals surface area contributed by atoms with Crippen LogP contribution in [0.3, 0.4) is 0 Å². The van der Waals surface area contributed by atoms with Crippen molar-refractivity contribution in [2.45, 2.75) is 18.9 Å². The van der Waals surface area contributed by atoms with E-state index in [4.69, 9.17) is 0 Å². The standard InChI is InChI=1S/C20H21N/c1-21-20(14-11-16-7-3-2-4-8-16)19-13-12-17-9-5-6-10-18(17)15-19/h2-10,12-13,15,20-21H,11,14H2,1H3. The number of hydrogen-bond donors (Lipinski definition) is 1. The molecule has 3 aromatic carbocycles. The topological polar surface area (TPSA) is 12.0 Å². The van der Waals surface area contributed by atoms with Gasteiger partial charge in [0.25, 0.3) is 0 Å². The van der Waals surface area contributed by atoms with Gasteiger partial charge in [0.05, 0.1) is 0 Å². The highest BCUT2D eigenvalue weighted by Crippen LogP contribution is 2.23. The zero-order valence-corrected chi connectivity index (χ0v) is 12.4. The summed E-state index contributed by atoms with van der Waals surface area (Å²) in [5, 5.41) is 6.07. The Morgan fingerprint density at radius 3 is 2.29 bits per heavy atom. The van der Waals surface area contributed by atoms with Gasteiger partial charge in [0.2, 0.25) is 0 Å². The third-order valence-corrected chi connectivity index (χ3v) is 4.09. The second kappa shape index (κ2) is 6.55. The first kappa shape index (κ1) is 13.8. The van der Waals surface area contributed by atoms with Crippen LogP contribution < -0.4 is 5.32 Å². The summed E-state index contributed by atoms with van der Waals surface area (Å²) < 4.78 is 0. The van der Waals surface area contributed by atoms with E-state index in [-0.39, 0.29) is 0 Å². The van der Waals surface area contributed by atoms with Gasteiger partial charge in [-0.15, -0.1) is 0 Å². The molecular formula is C20H21N. The minimum absolute atomic E-state index is 0.398. The molecule has 1 heteroatoms. The molecule has 3 aromatic rings. The first-order valence-corrected chi connectivity index (χ1v) is 7.57. The van der Waals surface area contributed by atoms with Crippen LogP contribution in [0.2, 0.25) is 0 Å². The van der Waals surface area contributed by atoms with Crippen molar-refractivity contribution in [2.24, 2.45) is 0 Å². The largest absolute Gasteiger partial charge is 0.313 e. The van der Waals surface area contributed by atoms with E-state index in [2.05, 4.69) is 78.1 Å². The lowest BCUT2D eigenvalue weighted by molar-refractivity contribution is 0.550. The van der Waals surface area contributed by atoms with Crippen LogP contribution in [0.4, 0.5) is 0 Å². The van der Waals surface area contributed by atoms with Gasteiger partial charge in [-0.2, -0.15) is 0 Å². The van der Waals surface area contributed by atoms with Crippen LogP contribution in [0.25, 0.3) is 10.8 Å². The van der Waals surface area contributed by atoms with E-state index < -0.39 is 0 Å². The minimum atomic E-state index is 0.398. The van der Waals surface area contributed by atoms with Crippen molar-refractivity contribution in [3.63, 3.8) is 0 Å². The quantitative estimate of drug-likeness (QED) is 0.709. The fraction of sp³-hybridized carbons (Fsp3) is 0.200. The SMILES string of the molecule is CNC(CCc1ccccc1)c1ccc2ccccc2c1. The van der Waals surface area contributed by atoms with Crippen molar-refractivity contribution >= 4 is 10.8 Å². The molecule has 0 aliphatic carbocycles. The Morgan fingerprint density at radius 1 is 0.810 bits per heavy atom. The van der Waals surface area contributed by atoms with E-state index in [0.29, 0.717) is 6.04 Å². The summed E-state index contributed by atoms with van der Waals surface area (Å²) in [5.41, 5.74) is 2.77. The zero-order valence-electron chi connectivity index (χ0n) is 12.4. The average Bonchev–Trinajstić information content (AvgIpc) is 2.56. The first-order valence-electron chi connectivity index (χ1n) is 7.57. The lowest BCUT2D eigenvalue weighted by Gasteiger charge is -2.17. The molecule has 0 aliphatic heterocycles. The Kier molecular flexibility index (Phi) is 4.32. The fourth-order valence-corrected chi connectivity index (χ4v) is 2.86. The smallest absolute Gasteiger partial charge is 0.0320 e. The molecule has 0 aromatic heterocycles. The summed E-state index contributed by atoms with van der Waals surface area (Å²) >= 11 is 0. The first-order chi connectivity index (χ1) is 10.4. The van der Waals surface area contributed by atoms with Gasteiger partial charge in [-0.3, -0.25) is 0 Å². The third-order valence-electron chi connectivity index (χ3n) is 4.09. The Labute approximate surface area is 126 Å². The average molecular weight is 275 g/mol. The highest BCUT2D eigenvalue weighted by molar-refractivity contribution is 5.83. The van der Waals surface area contributed by atoms with Gasteiger partial charge >= 0.3 is 0 Å². The third kappa shape index (κ3) is 3.32. The second-order valence-electron chi connectivity index (χ2n) is 5.47. The molecule has 0 radical (unpaired) electrons. The van der Waals surface area contributed by atoms with Crippen LogP contribution >= 0.6 is 0 Å². The Bertz CT molecular complexity index is 703. The molecule has 0 amide bonds. The van der Waals surface area contributed by atoms with E-state index in [1.54, 1.807) is 0 Å². The molecule has 0 saturated heterocycles. The Balaban J connectivity index is 1.78. The van der Waals surface area contributed by atoms with E-state index >= 15 is 0 Å². The summed E-state index contributed by atoms with van der Waals surface area (Å²) in [7, 11) is 2.05. The summed E-state index contributed by atoms with van der Waals surface area (Å²) in [5.74, 6) is 0. The molecular weight excluding hydrogens is 254 g/mol. The van der Waals surface area contributed by atoms with Crippen molar-refractivity contribution in [1.82, 2.24) is 5.32 Å². The number of benzene rings is 3. The van der Waals surface area contributed by atoms with Crippen molar-refractivity contribution in [1.29, 1.82) is 0 Å². The highest BCUT2D eigenvalue weighted by Gasteiger charge is 2.09. The van der Waals surface area contributed by atoms with Gasteiger partial charge in [0, 0.05) is 6.04 Å². The summed E-state index contributed by atoms with van der Waals surface area (Å²) in [6.45, 7) is 0. The fourth-order valence-electron chi connectivity index (χ4n) is 2.86. The molecule has 21 heavy (non-hydrogen) atoms. The molecule has 0 fully saturated rings. The van der Waals surface area contributed by atoms with Crippen LogP contribution in [0.1, 0.15) is 23.6 Å². The van der Waals surface area contributed by atoms with Gasteiger partial charge in [-0.25, -0.2) is 0 Å². The minimum Gasteiger partial charge on any atom is -0.313 e. The Morgan fingerprint density at radius 2 is 1.52 bits per heavy atom. The van der Waals surface area contributed by atoms with E-state index in [0.717, 1.165) is 12.8 Å². The lowest BCUT2D eigenvalue weighted by atomic mass is 9.97. The molecule has 0 aliphatic rings. The maximum absolute atomic E-state index is 3.45. The highest BCUT2D eigenvalue weighted by atomic mass is 14.9. The molecule has 0 heterocycles. The number of aryl methyl sites for hydroxylation is 1. The van der Waals surface area contributed by atoms with Crippen molar-refractivity contribution in [3.8, 4) is 0 Å². The van der Waals surface area contributed by atoms with Gasteiger partial charge in [0.1, 0.15) is 0 Å². The number of hydrogen-bond acceptors (Lipinski definition) is 1. The molecule has 3 rings (SSSR count). The summed E-state index contributed by atoms with van der Waals surface area (Å²) in [6.07, 6.45) is 2.21. The molecule has 0 saturated carbocycles. The van der Waals surface area contributed by atoms with Gasteiger partial charge < -0.3 is 5.32 Å². The maximum Gasteiger partial charge on any atom is 0.0320 e. The number of rotatable bonds is 5. The lowest BCUT2D eigenvalue weighted by Crippen LogP contribution is -2.17. The van der Waals surface area contributed by atoms with Crippen molar-refractivity contribution in [3.05, 3.63) is 83.9 Å². The second-order valence-corrected chi connectivity index (χ2v) is 5.47. The van der Waals surface area contributed by atoms with Crippen LogP contribution in [0, 0.1) is 0 Å². The molecule has 106 valence electrons. The van der Waals surface area contributed by atoms with E-state index in [1.165, 1.54) is 21.9 Å². The molecule has 0 spiro atoms. The van der Waals surface area contributed by atoms with E-state index in [1.807, 2.05) is 7.05 Å². The molecule has 0 bridgehead atoms. The van der Waals surface area contributed by atoms with E-state index in [9.17, 15) is 0 Å². The zero-order chi connectivity index (χ0) is 14.5. The Hall–Kier alpha value is -2.12. The monoisotopic (exact) mass is 275 g/mol. The molecule has 1 N–H and O–H groups in total. The number of nitrogens with one attached hydrogen (secondary N) is 1. The normalized spacial score (nSPS) is 12.4. The summed E-state index contributed by atoms with van der Waals surface area (Å²) in [6, 6.07) is 26.4. The molecule has 1 nitrogen and oxygen atoms in total. The summed E-state index contributed by atoms with van der Waals surface area (Å²) in [4.78, 5) is 0. The molecule has 1 atom stereocenters. The predicted molar refractivity (Wildman–Crippen MR) is 90.5 cm³/mol. The maximum atomic E-state index is 3.45. The van der Waals surface area contributed by atoms with Crippen molar-refractivity contribution in [2.75, 3.05) is 7.05 Å². The van der Waals surface area contributed by atoms with Crippen LogP contribution in [-0.4, -0.2) is 7.05 Å². The van der Waals surface area contributed by atoms with Crippen LogP contribution in [-0.2, 0) is 6.42 Å². The van der Waals surface area contributed by atoms with Gasteiger partial charge in [0.15, 0.2) is 0 Å². The van der Waals surface area contributed by atoms with Crippen LogP contribution in [0.15, 0.2) is 72.8 Å². The number of fused-ring (bicyclic) bond motifs is 1.